The van der Waals surface area contributed by atoms with Crippen molar-refractivity contribution in [1.29, 1.82) is 0 Å². The Morgan fingerprint density at radius 2 is 1.53 bits per heavy atom. The van der Waals surface area contributed by atoms with Crippen molar-refractivity contribution in [3.05, 3.63) is 108 Å². The average molecular weight is 792 g/mol. The summed E-state index contributed by atoms with van der Waals surface area (Å²) in [7, 11) is -3.89. The molecular weight excluding hydrogens is 743 g/mol. The first-order chi connectivity index (χ1) is 27.4. The molecule has 0 bridgehead atoms. The number of hydrogen-bond donors (Lipinski definition) is 3. The Morgan fingerprint density at radius 3 is 2.19 bits per heavy atom. The van der Waals surface area contributed by atoms with Gasteiger partial charge in [-0.25, -0.2) is 8.42 Å². The third kappa shape index (κ3) is 7.61. The second-order valence-electron chi connectivity index (χ2n) is 16.5. The van der Waals surface area contributed by atoms with Gasteiger partial charge in [0.15, 0.2) is 0 Å². The molecule has 12 nitrogen and oxygen atoms in total. The Balaban J connectivity index is 1.10. The first-order valence-electron chi connectivity index (χ1n) is 20.0. The summed E-state index contributed by atoms with van der Waals surface area (Å²) >= 11 is 0. The van der Waals surface area contributed by atoms with Gasteiger partial charge in [0.05, 0.1) is 17.2 Å². The van der Waals surface area contributed by atoms with Crippen LogP contribution >= 0.6 is 0 Å². The van der Waals surface area contributed by atoms with Crippen molar-refractivity contribution in [3.8, 4) is 11.1 Å². The van der Waals surface area contributed by atoms with Crippen LogP contribution in [-0.2, 0) is 39.5 Å². The standard InChI is InChI=1S/C44H49N5O7S/c1-43(2,28-15-8-6-9-16-28)41(52)45-36-22-10-5-3-4-7-17-29-26-44(29,42(53)48-57(54,55)31-23-24-31)46-39(50)37-25-30(27-49(37)40(36)51)56-47-38-34-20-13-11-18-32(34)33-19-12-14-21-35(33)38/h6-9,11-21,29-31,36-37H,3-5,10,22-27H2,1-2H3,(H,45,52)(H,46,50)(H,48,53)/b17-7-/t29?,30-,36+,37+,44?/m1/s1. The average Bonchev–Trinajstić information content (AvgIpc) is 4.12. The maximum absolute atomic E-state index is 14.8. The number of allylic oxidation sites excluding steroid dienone is 1. The van der Waals surface area contributed by atoms with E-state index in [2.05, 4.69) is 20.5 Å². The fourth-order valence-electron chi connectivity index (χ4n) is 8.38. The van der Waals surface area contributed by atoms with Gasteiger partial charge in [-0.2, -0.15) is 0 Å². The fraction of sp³-hybridized carbons (Fsp3) is 0.432. The Bertz CT molecular complexity index is 2210. The predicted molar refractivity (Wildman–Crippen MR) is 215 cm³/mol. The molecule has 2 unspecified atom stereocenters. The first-order valence-corrected chi connectivity index (χ1v) is 21.6. The molecule has 0 radical (unpaired) electrons. The molecule has 3 fully saturated rings. The van der Waals surface area contributed by atoms with Crippen molar-refractivity contribution in [2.24, 2.45) is 11.1 Å². The minimum atomic E-state index is -3.89. The summed E-state index contributed by atoms with van der Waals surface area (Å²) in [4.78, 5) is 64.8. The summed E-state index contributed by atoms with van der Waals surface area (Å²) < 4.78 is 28.0. The van der Waals surface area contributed by atoms with Gasteiger partial charge >= 0.3 is 0 Å². The highest BCUT2D eigenvalue weighted by molar-refractivity contribution is 7.91. The third-order valence-corrected chi connectivity index (χ3v) is 14.0. The number of amides is 4. The van der Waals surface area contributed by atoms with Gasteiger partial charge in [0.25, 0.3) is 5.91 Å². The molecule has 5 atom stereocenters. The van der Waals surface area contributed by atoms with E-state index in [1.165, 1.54) is 4.90 Å². The van der Waals surface area contributed by atoms with Gasteiger partial charge in [-0.1, -0.05) is 109 Å². The quantitative estimate of drug-likeness (QED) is 0.169. The van der Waals surface area contributed by atoms with Crippen molar-refractivity contribution in [2.75, 3.05) is 6.54 Å². The van der Waals surface area contributed by atoms with E-state index in [0.717, 1.165) is 40.7 Å². The summed E-state index contributed by atoms with van der Waals surface area (Å²) in [6.45, 7) is 3.63. The van der Waals surface area contributed by atoms with E-state index in [9.17, 15) is 27.6 Å². The van der Waals surface area contributed by atoms with Gasteiger partial charge in [-0.05, 0) is 69.1 Å². The number of fused-ring (bicyclic) bond motifs is 5. The highest BCUT2D eigenvalue weighted by atomic mass is 32.2. The van der Waals surface area contributed by atoms with Crippen LogP contribution < -0.4 is 15.4 Å². The van der Waals surface area contributed by atoms with Gasteiger partial charge in [0.1, 0.15) is 29.4 Å². The number of carbonyl (C=O) groups is 4. The second kappa shape index (κ2) is 15.2. The molecule has 2 saturated carbocycles. The third-order valence-electron chi connectivity index (χ3n) is 12.2. The maximum atomic E-state index is 14.8. The van der Waals surface area contributed by atoms with Crippen LogP contribution in [0.1, 0.15) is 88.3 Å². The van der Waals surface area contributed by atoms with Gasteiger partial charge in [0, 0.05) is 23.5 Å². The van der Waals surface area contributed by atoms with Crippen LogP contribution in [0.25, 0.3) is 11.1 Å². The van der Waals surface area contributed by atoms with Gasteiger partial charge in [-0.3, -0.25) is 23.9 Å². The minimum absolute atomic E-state index is 0.00400. The molecule has 0 aromatic heterocycles. The largest absolute Gasteiger partial charge is 0.390 e. The topological polar surface area (TPSA) is 163 Å². The Labute approximate surface area is 333 Å². The highest BCUT2D eigenvalue weighted by Gasteiger charge is 2.62. The lowest BCUT2D eigenvalue weighted by Gasteiger charge is -2.32. The monoisotopic (exact) mass is 791 g/mol. The molecule has 57 heavy (non-hydrogen) atoms. The fourth-order valence-corrected chi connectivity index (χ4v) is 9.75. The number of nitrogens with zero attached hydrogens (tertiary/aromatic N) is 2. The van der Waals surface area contributed by atoms with Crippen LogP contribution in [-0.4, -0.2) is 78.2 Å². The SMILES string of the molecule is CC(C)(C(=O)N[C@H]1CCCCC/C=C\C2CC2(C(=O)NS(=O)(=O)C2CC2)NC(=O)[C@@H]2C[C@@H](ON=C3c4ccccc4-c4ccccc43)CN2C1=O)c1ccccc1. The van der Waals surface area contributed by atoms with E-state index in [4.69, 9.17) is 4.84 Å². The lowest BCUT2D eigenvalue weighted by molar-refractivity contribution is -0.143. The van der Waals surface area contributed by atoms with Gasteiger partial charge < -0.3 is 20.4 Å². The lowest BCUT2D eigenvalue weighted by Crippen LogP contribution is -2.59. The summed E-state index contributed by atoms with van der Waals surface area (Å²) in [5.41, 5.74) is 2.87. The molecule has 0 spiro atoms. The molecule has 13 heteroatoms. The molecule has 3 aromatic carbocycles. The van der Waals surface area contributed by atoms with Gasteiger partial charge in [-0.15, -0.1) is 0 Å². The van der Waals surface area contributed by atoms with Crippen LogP contribution in [0.2, 0.25) is 0 Å². The second-order valence-corrected chi connectivity index (χ2v) is 18.5. The zero-order valence-corrected chi connectivity index (χ0v) is 33.1. The van der Waals surface area contributed by atoms with E-state index in [1.807, 2.05) is 105 Å². The van der Waals surface area contributed by atoms with E-state index < -0.39 is 68.1 Å². The normalized spacial score (nSPS) is 26.6. The molecule has 2 aliphatic heterocycles. The number of carbonyl (C=O) groups excluding carboxylic acids is 4. The summed E-state index contributed by atoms with van der Waals surface area (Å²) in [6, 6.07) is 23.2. The van der Waals surface area contributed by atoms with Crippen LogP contribution in [0.15, 0.2) is 96.2 Å². The molecular formula is C44H49N5O7S. The summed E-state index contributed by atoms with van der Waals surface area (Å²) in [6.07, 6.45) is 7.71. The molecule has 3 aliphatic carbocycles. The molecule has 4 amide bonds. The van der Waals surface area contributed by atoms with E-state index in [-0.39, 0.29) is 25.3 Å². The summed E-state index contributed by atoms with van der Waals surface area (Å²) in [5, 5.41) is 9.99. The molecule has 1 saturated heterocycles. The van der Waals surface area contributed by atoms with E-state index >= 15 is 0 Å². The number of hydrogen-bond acceptors (Lipinski definition) is 8. The summed E-state index contributed by atoms with van der Waals surface area (Å²) in [5.74, 6) is -2.54. The molecule has 8 rings (SSSR count). The first kappa shape index (κ1) is 38.6. The molecule has 3 N–H and O–H groups in total. The minimum Gasteiger partial charge on any atom is -0.390 e. The number of rotatable bonds is 8. The van der Waals surface area contributed by atoms with Crippen LogP contribution in [0.5, 0.6) is 0 Å². The van der Waals surface area contributed by atoms with Crippen LogP contribution in [0.3, 0.4) is 0 Å². The Morgan fingerprint density at radius 1 is 0.877 bits per heavy atom. The molecule has 3 aromatic rings. The molecule has 5 aliphatic rings. The lowest BCUT2D eigenvalue weighted by atomic mass is 9.83. The van der Waals surface area contributed by atoms with Crippen molar-refractivity contribution in [1.82, 2.24) is 20.3 Å². The Hall–Kier alpha value is -5.30. The molecule has 2 heterocycles. The number of oxime groups is 1. The predicted octanol–water partition coefficient (Wildman–Crippen LogP) is 4.87. The van der Waals surface area contributed by atoms with Crippen molar-refractivity contribution in [2.45, 2.75) is 106 Å². The van der Waals surface area contributed by atoms with E-state index in [1.54, 1.807) is 0 Å². The van der Waals surface area contributed by atoms with Crippen LogP contribution in [0, 0.1) is 5.92 Å². The zero-order chi connectivity index (χ0) is 40.0. The van der Waals surface area contributed by atoms with Crippen molar-refractivity contribution < 1.29 is 32.4 Å². The van der Waals surface area contributed by atoms with Crippen molar-refractivity contribution >= 4 is 39.4 Å². The number of benzene rings is 3. The molecule has 298 valence electrons. The number of nitrogens with one attached hydrogen (secondary N) is 3. The number of sulfonamides is 1. The smallest absolute Gasteiger partial charge is 0.259 e. The van der Waals surface area contributed by atoms with Gasteiger partial charge in [0.2, 0.25) is 27.7 Å². The van der Waals surface area contributed by atoms with E-state index in [0.29, 0.717) is 37.8 Å². The zero-order valence-electron chi connectivity index (χ0n) is 32.3. The highest BCUT2D eigenvalue weighted by Crippen LogP contribution is 2.46. The maximum Gasteiger partial charge on any atom is 0.259 e. The van der Waals surface area contributed by atoms with Crippen LogP contribution in [0.4, 0.5) is 0 Å². The Kier molecular flexibility index (Phi) is 10.3. The van der Waals surface area contributed by atoms with Crippen molar-refractivity contribution in [3.63, 3.8) is 0 Å².